The normalized spacial score (nSPS) is 11.6. The number of methoxy groups -OCH3 is 1. The second kappa shape index (κ2) is 7.84. The van der Waals surface area contributed by atoms with E-state index in [9.17, 15) is 4.79 Å². The summed E-state index contributed by atoms with van der Waals surface area (Å²) in [5, 5.41) is 6.06. The van der Waals surface area contributed by atoms with E-state index >= 15 is 0 Å². The molecule has 0 aliphatic rings. The Labute approximate surface area is 139 Å². The van der Waals surface area contributed by atoms with Crippen molar-refractivity contribution in [2.24, 2.45) is 0 Å². The van der Waals surface area contributed by atoms with Crippen LogP contribution in [0.25, 0.3) is 0 Å². The lowest BCUT2D eigenvalue weighted by molar-refractivity contribution is -0.120. The van der Waals surface area contributed by atoms with E-state index in [1.807, 2.05) is 55.5 Å². The molecule has 0 heterocycles. The molecule has 0 saturated carbocycles. The van der Waals surface area contributed by atoms with Crippen LogP contribution in [0.3, 0.4) is 0 Å². The fourth-order valence-corrected chi connectivity index (χ4v) is 2.57. The monoisotopic (exact) mass is 362 g/mol. The lowest BCUT2D eigenvalue weighted by atomic mass is 10.1. The second-order valence-electron chi connectivity index (χ2n) is 4.90. The van der Waals surface area contributed by atoms with Crippen molar-refractivity contribution in [2.75, 3.05) is 19.0 Å². The van der Waals surface area contributed by atoms with Gasteiger partial charge in [0, 0.05) is 15.7 Å². The molecule has 2 aromatic carbocycles. The zero-order chi connectivity index (χ0) is 15.9. The van der Waals surface area contributed by atoms with Gasteiger partial charge in [-0.3, -0.25) is 4.79 Å². The molecule has 0 radical (unpaired) electrons. The third kappa shape index (κ3) is 4.49. The Morgan fingerprint density at radius 2 is 2.00 bits per heavy atom. The molecule has 0 aliphatic carbocycles. The van der Waals surface area contributed by atoms with E-state index < -0.39 is 0 Å². The highest BCUT2D eigenvalue weighted by Gasteiger charge is 2.13. The minimum absolute atomic E-state index is 0.0709. The van der Waals surface area contributed by atoms with Crippen LogP contribution in [0, 0.1) is 0 Å². The fraction of sp³-hybridized carbons (Fsp3) is 0.235. The number of hydrogen-bond acceptors (Lipinski definition) is 3. The van der Waals surface area contributed by atoms with Crippen molar-refractivity contribution in [1.82, 2.24) is 5.32 Å². The molecule has 1 atom stereocenters. The molecule has 0 spiro atoms. The molecule has 2 rings (SSSR count). The highest BCUT2D eigenvalue weighted by Crippen LogP contribution is 2.24. The van der Waals surface area contributed by atoms with Crippen molar-refractivity contribution < 1.29 is 9.53 Å². The Morgan fingerprint density at radius 1 is 1.23 bits per heavy atom. The number of anilines is 1. The maximum absolute atomic E-state index is 12.1. The molecule has 1 amide bonds. The summed E-state index contributed by atoms with van der Waals surface area (Å²) in [5.41, 5.74) is 1.86. The highest BCUT2D eigenvalue weighted by molar-refractivity contribution is 9.10. The molecule has 2 aromatic rings. The lowest BCUT2D eigenvalue weighted by Crippen LogP contribution is -2.32. The third-order valence-corrected chi connectivity index (χ3v) is 3.75. The summed E-state index contributed by atoms with van der Waals surface area (Å²) < 4.78 is 6.29. The number of nitrogens with one attached hydrogen (secondary N) is 2. The zero-order valence-corrected chi connectivity index (χ0v) is 14.2. The number of halogens is 1. The molecule has 0 aromatic heterocycles. The molecule has 5 heteroatoms. The van der Waals surface area contributed by atoms with E-state index in [4.69, 9.17) is 4.74 Å². The number of rotatable bonds is 6. The van der Waals surface area contributed by atoms with Gasteiger partial charge >= 0.3 is 0 Å². The van der Waals surface area contributed by atoms with Crippen LogP contribution in [0.2, 0.25) is 0 Å². The van der Waals surface area contributed by atoms with Gasteiger partial charge < -0.3 is 15.4 Å². The molecular weight excluding hydrogens is 344 g/mol. The minimum Gasteiger partial charge on any atom is -0.496 e. The molecule has 0 saturated heterocycles. The van der Waals surface area contributed by atoms with Crippen LogP contribution in [-0.2, 0) is 4.79 Å². The average Bonchev–Trinajstić information content (AvgIpc) is 2.53. The van der Waals surface area contributed by atoms with Crippen LogP contribution in [0.1, 0.15) is 18.5 Å². The summed E-state index contributed by atoms with van der Waals surface area (Å²) in [6.07, 6.45) is 0. The Kier molecular flexibility index (Phi) is 5.83. The van der Waals surface area contributed by atoms with E-state index in [2.05, 4.69) is 26.6 Å². The smallest absolute Gasteiger partial charge is 0.239 e. The first kappa shape index (κ1) is 16.4. The number of amides is 1. The van der Waals surface area contributed by atoms with Crippen LogP contribution in [0.15, 0.2) is 53.0 Å². The number of carbonyl (C=O) groups excluding carboxylic acids is 1. The van der Waals surface area contributed by atoms with Gasteiger partial charge in [-0.25, -0.2) is 0 Å². The molecule has 22 heavy (non-hydrogen) atoms. The van der Waals surface area contributed by atoms with Gasteiger partial charge in [0.25, 0.3) is 0 Å². The van der Waals surface area contributed by atoms with Crippen molar-refractivity contribution in [3.63, 3.8) is 0 Å². The predicted molar refractivity (Wildman–Crippen MR) is 92.2 cm³/mol. The van der Waals surface area contributed by atoms with E-state index in [0.717, 1.165) is 21.5 Å². The molecule has 116 valence electrons. The van der Waals surface area contributed by atoms with Crippen LogP contribution < -0.4 is 15.4 Å². The van der Waals surface area contributed by atoms with Gasteiger partial charge in [-0.2, -0.15) is 0 Å². The first-order valence-corrected chi connectivity index (χ1v) is 7.81. The molecule has 0 fully saturated rings. The predicted octanol–water partition coefficient (Wildman–Crippen LogP) is 3.75. The van der Waals surface area contributed by atoms with E-state index in [1.54, 1.807) is 7.11 Å². The van der Waals surface area contributed by atoms with Gasteiger partial charge in [-0.05, 0) is 31.2 Å². The quantitative estimate of drug-likeness (QED) is 0.822. The first-order valence-electron chi connectivity index (χ1n) is 7.02. The fourth-order valence-electron chi connectivity index (χ4n) is 2.18. The van der Waals surface area contributed by atoms with Crippen LogP contribution >= 0.6 is 15.9 Å². The van der Waals surface area contributed by atoms with Crippen LogP contribution in [0.4, 0.5) is 5.69 Å². The summed E-state index contributed by atoms with van der Waals surface area (Å²) in [6, 6.07) is 15.3. The number of carbonyl (C=O) groups is 1. The molecule has 0 aliphatic heterocycles. The molecule has 1 unspecified atom stereocenters. The highest BCUT2D eigenvalue weighted by atomic mass is 79.9. The standard InChI is InChI=1S/C17H19BrN2O2/c1-12(15-8-3-4-9-16(15)22-2)20-17(21)11-19-14-7-5-6-13(18)10-14/h3-10,12,19H,11H2,1-2H3,(H,20,21). The van der Waals surface area contributed by atoms with Crippen LogP contribution in [0.5, 0.6) is 5.75 Å². The lowest BCUT2D eigenvalue weighted by Gasteiger charge is -2.17. The summed E-state index contributed by atoms with van der Waals surface area (Å²) in [6.45, 7) is 2.16. The zero-order valence-electron chi connectivity index (χ0n) is 12.6. The summed E-state index contributed by atoms with van der Waals surface area (Å²) in [7, 11) is 1.63. The number of para-hydroxylation sites is 1. The number of hydrogen-bond donors (Lipinski definition) is 2. The van der Waals surface area contributed by atoms with Crippen molar-refractivity contribution in [3.8, 4) is 5.75 Å². The van der Waals surface area contributed by atoms with Gasteiger partial charge in [0.15, 0.2) is 0 Å². The largest absolute Gasteiger partial charge is 0.496 e. The summed E-state index contributed by atoms with van der Waals surface area (Å²) >= 11 is 3.40. The summed E-state index contributed by atoms with van der Waals surface area (Å²) in [5.74, 6) is 0.702. The van der Waals surface area contributed by atoms with E-state index in [0.29, 0.717) is 0 Å². The van der Waals surface area contributed by atoms with Gasteiger partial charge in [-0.15, -0.1) is 0 Å². The maximum atomic E-state index is 12.1. The maximum Gasteiger partial charge on any atom is 0.239 e. The van der Waals surface area contributed by atoms with Crippen molar-refractivity contribution in [3.05, 3.63) is 58.6 Å². The van der Waals surface area contributed by atoms with Crippen LogP contribution in [-0.4, -0.2) is 19.6 Å². The minimum atomic E-state index is -0.118. The average molecular weight is 363 g/mol. The first-order chi connectivity index (χ1) is 10.6. The SMILES string of the molecule is COc1ccccc1C(C)NC(=O)CNc1cccc(Br)c1. The molecule has 0 bridgehead atoms. The van der Waals surface area contributed by atoms with Gasteiger partial charge in [0.2, 0.25) is 5.91 Å². The van der Waals surface area contributed by atoms with Crippen molar-refractivity contribution >= 4 is 27.5 Å². The second-order valence-corrected chi connectivity index (χ2v) is 5.81. The van der Waals surface area contributed by atoms with Gasteiger partial charge in [0.05, 0.1) is 19.7 Å². The number of ether oxygens (including phenoxy) is 1. The van der Waals surface area contributed by atoms with Gasteiger partial charge in [-0.1, -0.05) is 40.2 Å². The Bertz CT molecular complexity index is 646. The van der Waals surface area contributed by atoms with E-state index in [1.165, 1.54) is 0 Å². The van der Waals surface area contributed by atoms with Crippen molar-refractivity contribution in [1.29, 1.82) is 0 Å². The third-order valence-electron chi connectivity index (χ3n) is 3.26. The number of benzene rings is 2. The van der Waals surface area contributed by atoms with E-state index in [-0.39, 0.29) is 18.5 Å². The van der Waals surface area contributed by atoms with Crippen molar-refractivity contribution in [2.45, 2.75) is 13.0 Å². The molecule has 2 N–H and O–H groups in total. The Hall–Kier alpha value is -2.01. The molecule has 4 nitrogen and oxygen atoms in total. The topological polar surface area (TPSA) is 50.4 Å². The molecular formula is C17H19BrN2O2. The summed E-state index contributed by atoms with van der Waals surface area (Å²) in [4.78, 5) is 12.1. The Morgan fingerprint density at radius 3 is 2.73 bits per heavy atom. The van der Waals surface area contributed by atoms with Gasteiger partial charge in [0.1, 0.15) is 5.75 Å². The Balaban J connectivity index is 1.91.